The van der Waals surface area contributed by atoms with Crippen LogP contribution in [0.4, 0.5) is 4.39 Å². The molecule has 0 saturated heterocycles. The molecule has 1 heterocycles. The van der Waals surface area contributed by atoms with Gasteiger partial charge in [-0.15, -0.1) is 0 Å². The molecule has 0 amide bonds. The molecule has 2 aromatic carbocycles. The molecular formula is C19H12Cl2FNO2. The molecule has 126 valence electrons. The fourth-order valence-electron chi connectivity index (χ4n) is 2.38. The number of rotatable bonds is 3. The number of hydrogen-bond donors (Lipinski definition) is 0. The van der Waals surface area contributed by atoms with Gasteiger partial charge in [0, 0.05) is 5.56 Å². The summed E-state index contributed by atoms with van der Waals surface area (Å²) in [6.45, 7) is 0. The summed E-state index contributed by atoms with van der Waals surface area (Å²) in [7, 11) is 1.26. The molecule has 6 heteroatoms. The molecule has 0 aliphatic rings. The highest BCUT2D eigenvalue weighted by Crippen LogP contribution is 2.32. The Balaban J connectivity index is 2.01. The van der Waals surface area contributed by atoms with E-state index < -0.39 is 5.97 Å². The fraction of sp³-hybridized carbons (Fsp3) is 0.0526. The largest absolute Gasteiger partial charge is 0.464 e. The third-order valence-electron chi connectivity index (χ3n) is 3.65. The number of carbonyl (C=O) groups is 1. The summed E-state index contributed by atoms with van der Waals surface area (Å²) in [5.41, 5.74) is 2.86. The lowest BCUT2D eigenvalue weighted by molar-refractivity contribution is 0.0594. The number of ether oxygens (including phenoxy) is 1. The van der Waals surface area contributed by atoms with Crippen molar-refractivity contribution in [1.29, 1.82) is 0 Å². The van der Waals surface area contributed by atoms with Crippen molar-refractivity contribution < 1.29 is 13.9 Å². The zero-order valence-corrected chi connectivity index (χ0v) is 14.6. The first-order chi connectivity index (χ1) is 12.0. The molecule has 0 aliphatic heterocycles. The van der Waals surface area contributed by atoms with Crippen molar-refractivity contribution in [3.63, 3.8) is 0 Å². The standard InChI is InChI=1S/C19H12Cl2FNO2/c1-25-19(24)18-15(20)8-9-17(23-18)14-7-4-12(10-16(14)21)11-2-5-13(22)6-3-11/h2-10H,1H3. The number of methoxy groups -OCH3 is 1. The topological polar surface area (TPSA) is 39.2 Å². The molecule has 0 unspecified atom stereocenters. The summed E-state index contributed by atoms with van der Waals surface area (Å²) >= 11 is 12.4. The van der Waals surface area contributed by atoms with E-state index in [1.54, 1.807) is 36.4 Å². The Bertz CT molecular complexity index is 943. The maximum absolute atomic E-state index is 13.0. The van der Waals surface area contributed by atoms with E-state index in [1.807, 2.05) is 6.07 Å². The molecule has 3 aromatic rings. The molecule has 0 fully saturated rings. The van der Waals surface area contributed by atoms with E-state index >= 15 is 0 Å². The van der Waals surface area contributed by atoms with Crippen LogP contribution in [0.15, 0.2) is 54.6 Å². The van der Waals surface area contributed by atoms with Crippen molar-refractivity contribution in [2.45, 2.75) is 0 Å². The molecule has 0 radical (unpaired) electrons. The Morgan fingerprint density at radius 1 is 0.960 bits per heavy atom. The normalized spacial score (nSPS) is 10.6. The quantitative estimate of drug-likeness (QED) is 0.555. The van der Waals surface area contributed by atoms with Crippen molar-refractivity contribution in [1.82, 2.24) is 4.98 Å². The molecule has 0 saturated carbocycles. The fourth-order valence-corrected chi connectivity index (χ4v) is 2.84. The van der Waals surface area contributed by atoms with Crippen molar-refractivity contribution in [2.75, 3.05) is 7.11 Å². The Morgan fingerprint density at radius 2 is 1.64 bits per heavy atom. The van der Waals surface area contributed by atoms with Gasteiger partial charge in [-0.3, -0.25) is 0 Å². The number of halogens is 3. The van der Waals surface area contributed by atoms with Gasteiger partial charge in [0.05, 0.1) is 22.8 Å². The smallest absolute Gasteiger partial charge is 0.358 e. The Kier molecular flexibility index (Phi) is 5.02. The van der Waals surface area contributed by atoms with Crippen LogP contribution in [-0.4, -0.2) is 18.1 Å². The lowest BCUT2D eigenvalue weighted by atomic mass is 10.0. The molecule has 1 aromatic heterocycles. The number of nitrogens with zero attached hydrogens (tertiary/aromatic N) is 1. The first-order valence-corrected chi connectivity index (χ1v) is 8.06. The van der Waals surface area contributed by atoms with Gasteiger partial charge in [-0.25, -0.2) is 14.2 Å². The average Bonchev–Trinajstić information content (AvgIpc) is 2.62. The van der Waals surface area contributed by atoms with Crippen LogP contribution in [0, 0.1) is 5.82 Å². The summed E-state index contributed by atoms with van der Waals surface area (Å²) < 4.78 is 17.7. The zero-order chi connectivity index (χ0) is 18.0. The second kappa shape index (κ2) is 7.21. The van der Waals surface area contributed by atoms with Crippen LogP contribution < -0.4 is 0 Å². The van der Waals surface area contributed by atoms with Gasteiger partial charge < -0.3 is 4.74 Å². The first-order valence-electron chi connectivity index (χ1n) is 7.30. The molecule has 0 bridgehead atoms. The van der Waals surface area contributed by atoms with Gasteiger partial charge in [0.1, 0.15) is 5.82 Å². The van der Waals surface area contributed by atoms with Crippen LogP contribution >= 0.6 is 23.2 Å². The van der Waals surface area contributed by atoms with Crippen LogP contribution in [0.1, 0.15) is 10.5 Å². The Labute approximate surface area is 154 Å². The van der Waals surface area contributed by atoms with Crippen LogP contribution in [0.2, 0.25) is 10.0 Å². The molecular weight excluding hydrogens is 364 g/mol. The highest BCUT2D eigenvalue weighted by Gasteiger charge is 2.15. The minimum absolute atomic E-state index is 0.0281. The summed E-state index contributed by atoms with van der Waals surface area (Å²) in [5.74, 6) is -0.918. The van der Waals surface area contributed by atoms with E-state index in [0.717, 1.165) is 11.1 Å². The van der Waals surface area contributed by atoms with Crippen LogP contribution in [0.25, 0.3) is 22.4 Å². The van der Waals surface area contributed by atoms with Crippen molar-refractivity contribution in [2.24, 2.45) is 0 Å². The maximum atomic E-state index is 13.0. The van der Waals surface area contributed by atoms with Gasteiger partial charge in [-0.2, -0.15) is 0 Å². The van der Waals surface area contributed by atoms with Crippen LogP contribution in [-0.2, 0) is 4.74 Å². The number of esters is 1. The van der Waals surface area contributed by atoms with Crippen molar-refractivity contribution >= 4 is 29.2 Å². The summed E-state index contributed by atoms with van der Waals surface area (Å²) in [5, 5.41) is 0.655. The molecule has 0 atom stereocenters. The maximum Gasteiger partial charge on any atom is 0.358 e. The predicted octanol–water partition coefficient (Wildman–Crippen LogP) is 5.65. The molecule has 0 aliphatic carbocycles. The van der Waals surface area contributed by atoms with E-state index in [1.165, 1.54) is 19.2 Å². The molecule has 0 spiro atoms. The highest BCUT2D eigenvalue weighted by molar-refractivity contribution is 6.34. The third-order valence-corrected chi connectivity index (χ3v) is 4.27. The molecule has 25 heavy (non-hydrogen) atoms. The van der Waals surface area contributed by atoms with Gasteiger partial charge in [0.2, 0.25) is 0 Å². The average molecular weight is 376 g/mol. The summed E-state index contributed by atoms with van der Waals surface area (Å²) in [6, 6.07) is 14.8. The molecule has 3 rings (SSSR count). The van der Waals surface area contributed by atoms with E-state index in [-0.39, 0.29) is 16.5 Å². The second-order valence-electron chi connectivity index (χ2n) is 5.22. The zero-order valence-electron chi connectivity index (χ0n) is 13.1. The number of carbonyl (C=O) groups excluding carboxylic acids is 1. The van der Waals surface area contributed by atoms with Crippen molar-refractivity contribution in [3.05, 3.63) is 76.2 Å². The third kappa shape index (κ3) is 3.65. The van der Waals surface area contributed by atoms with E-state index in [0.29, 0.717) is 16.3 Å². The number of hydrogen-bond acceptors (Lipinski definition) is 3. The predicted molar refractivity (Wildman–Crippen MR) is 96.4 cm³/mol. The second-order valence-corrected chi connectivity index (χ2v) is 6.03. The monoisotopic (exact) mass is 375 g/mol. The number of aromatic nitrogens is 1. The van der Waals surface area contributed by atoms with Crippen molar-refractivity contribution in [3.8, 4) is 22.4 Å². The Hall–Kier alpha value is -2.43. The minimum Gasteiger partial charge on any atom is -0.464 e. The van der Waals surface area contributed by atoms with Crippen LogP contribution in [0.5, 0.6) is 0 Å². The van der Waals surface area contributed by atoms with E-state index in [9.17, 15) is 9.18 Å². The van der Waals surface area contributed by atoms with E-state index in [4.69, 9.17) is 23.2 Å². The van der Waals surface area contributed by atoms with Gasteiger partial charge in [0.15, 0.2) is 5.69 Å². The van der Waals surface area contributed by atoms with Crippen LogP contribution in [0.3, 0.4) is 0 Å². The minimum atomic E-state index is -0.620. The highest BCUT2D eigenvalue weighted by atomic mass is 35.5. The van der Waals surface area contributed by atoms with Gasteiger partial charge in [-0.05, 0) is 41.5 Å². The number of benzene rings is 2. The first kappa shape index (κ1) is 17.4. The lowest BCUT2D eigenvalue weighted by Gasteiger charge is -2.09. The van der Waals surface area contributed by atoms with E-state index in [2.05, 4.69) is 9.72 Å². The summed E-state index contributed by atoms with van der Waals surface area (Å²) in [6.07, 6.45) is 0. The Morgan fingerprint density at radius 3 is 2.28 bits per heavy atom. The van der Waals surface area contributed by atoms with Gasteiger partial charge in [-0.1, -0.05) is 47.5 Å². The number of pyridine rings is 1. The molecule has 3 nitrogen and oxygen atoms in total. The lowest BCUT2D eigenvalue weighted by Crippen LogP contribution is -2.06. The molecule has 0 N–H and O–H groups in total. The van der Waals surface area contributed by atoms with Gasteiger partial charge >= 0.3 is 5.97 Å². The SMILES string of the molecule is COC(=O)c1nc(-c2ccc(-c3ccc(F)cc3)cc2Cl)ccc1Cl. The van der Waals surface area contributed by atoms with Gasteiger partial charge in [0.25, 0.3) is 0 Å². The summed E-state index contributed by atoms with van der Waals surface area (Å²) in [4.78, 5) is 16.0.